The number of hydrogen-bond donors (Lipinski definition) is 0. The van der Waals surface area contributed by atoms with E-state index in [2.05, 4.69) is 19.7 Å². The molecular formula is C14H24N4O. The van der Waals surface area contributed by atoms with E-state index >= 15 is 0 Å². The molecule has 0 aromatic carbocycles. The molecule has 2 saturated heterocycles. The smallest absolute Gasteiger partial charge is 0.135 e. The Labute approximate surface area is 114 Å². The summed E-state index contributed by atoms with van der Waals surface area (Å²) in [6.45, 7) is 5.52. The molecule has 0 bridgehead atoms. The van der Waals surface area contributed by atoms with Gasteiger partial charge in [-0.3, -0.25) is 0 Å². The van der Waals surface area contributed by atoms with Gasteiger partial charge in [-0.05, 0) is 44.7 Å². The molecule has 0 radical (unpaired) electrons. The van der Waals surface area contributed by atoms with Crippen molar-refractivity contribution in [1.29, 1.82) is 0 Å². The molecule has 0 spiro atoms. The second kappa shape index (κ2) is 6.01. The summed E-state index contributed by atoms with van der Waals surface area (Å²) < 4.78 is 7.64. The third kappa shape index (κ3) is 3.15. The number of hydrogen-bond acceptors (Lipinski definition) is 4. The van der Waals surface area contributed by atoms with Crippen molar-refractivity contribution in [3.63, 3.8) is 0 Å². The van der Waals surface area contributed by atoms with E-state index in [1.165, 1.54) is 45.3 Å². The zero-order valence-corrected chi connectivity index (χ0v) is 11.8. The molecule has 0 amide bonds. The molecule has 2 aliphatic heterocycles. The first-order valence-corrected chi connectivity index (χ1v) is 7.47. The van der Waals surface area contributed by atoms with Crippen LogP contribution in [0.25, 0.3) is 0 Å². The van der Waals surface area contributed by atoms with E-state index in [1.54, 1.807) is 6.33 Å². The lowest BCUT2D eigenvalue weighted by atomic mass is 9.94. The molecule has 0 N–H and O–H groups in total. The summed E-state index contributed by atoms with van der Waals surface area (Å²) in [5, 5.41) is 8.25. The predicted molar refractivity (Wildman–Crippen MR) is 73.0 cm³/mol. The normalized spacial score (nSPS) is 26.7. The molecule has 0 aliphatic carbocycles. The standard InChI is InChI=1S/C14H24N4O/c1-17-11-15-16-14(17)13-4-6-18(7-5-13)9-12-3-2-8-19-10-12/h11-13H,2-10H2,1H3. The van der Waals surface area contributed by atoms with Crippen LogP contribution in [0.5, 0.6) is 0 Å². The molecule has 3 heterocycles. The van der Waals surface area contributed by atoms with Crippen molar-refractivity contribution in [3.05, 3.63) is 12.2 Å². The Hall–Kier alpha value is -0.940. The summed E-state index contributed by atoms with van der Waals surface area (Å²) in [5.74, 6) is 2.49. The SMILES string of the molecule is Cn1cnnc1C1CCN(CC2CCCOC2)CC1. The zero-order valence-electron chi connectivity index (χ0n) is 11.8. The molecule has 2 aliphatic rings. The summed E-state index contributed by atoms with van der Waals surface area (Å²) in [4.78, 5) is 2.60. The Morgan fingerprint density at radius 2 is 2.16 bits per heavy atom. The second-order valence-electron chi connectivity index (χ2n) is 5.96. The second-order valence-corrected chi connectivity index (χ2v) is 5.96. The topological polar surface area (TPSA) is 43.2 Å². The summed E-state index contributed by atoms with van der Waals surface area (Å²) >= 11 is 0. The van der Waals surface area contributed by atoms with Gasteiger partial charge < -0.3 is 14.2 Å². The molecule has 5 heteroatoms. The van der Waals surface area contributed by atoms with Crippen LogP contribution in [0.15, 0.2) is 6.33 Å². The summed E-state index contributed by atoms with van der Waals surface area (Å²) in [6.07, 6.45) is 6.80. The molecule has 1 aromatic heterocycles. The monoisotopic (exact) mass is 264 g/mol. The average molecular weight is 264 g/mol. The van der Waals surface area contributed by atoms with Gasteiger partial charge in [0.2, 0.25) is 0 Å². The minimum Gasteiger partial charge on any atom is -0.381 e. The van der Waals surface area contributed by atoms with E-state index in [1.807, 2.05) is 7.05 Å². The van der Waals surface area contributed by atoms with Crippen molar-refractivity contribution in [2.24, 2.45) is 13.0 Å². The van der Waals surface area contributed by atoms with Crippen molar-refractivity contribution in [2.45, 2.75) is 31.6 Å². The summed E-state index contributed by atoms with van der Waals surface area (Å²) in [5.41, 5.74) is 0. The first kappa shape index (κ1) is 13.1. The molecular weight excluding hydrogens is 240 g/mol. The molecule has 3 rings (SSSR count). The Kier molecular flexibility index (Phi) is 4.13. The Bertz CT molecular complexity index is 392. The molecule has 0 saturated carbocycles. The molecule has 19 heavy (non-hydrogen) atoms. The number of rotatable bonds is 3. The number of likely N-dealkylation sites (tertiary alicyclic amines) is 1. The first-order chi connectivity index (χ1) is 9.33. The van der Waals surface area contributed by atoms with Crippen LogP contribution in [0, 0.1) is 5.92 Å². The van der Waals surface area contributed by atoms with Crippen LogP contribution in [0.2, 0.25) is 0 Å². The van der Waals surface area contributed by atoms with Gasteiger partial charge in [-0.15, -0.1) is 10.2 Å². The number of piperidine rings is 1. The number of aromatic nitrogens is 3. The lowest BCUT2D eigenvalue weighted by Crippen LogP contribution is -2.39. The van der Waals surface area contributed by atoms with Gasteiger partial charge in [0.25, 0.3) is 0 Å². The van der Waals surface area contributed by atoms with Crippen LogP contribution in [-0.2, 0) is 11.8 Å². The number of aryl methyl sites for hydroxylation is 1. The van der Waals surface area contributed by atoms with E-state index in [4.69, 9.17) is 4.74 Å². The lowest BCUT2D eigenvalue weighted by molar-refractivity contribution is 0.0344. The zero-order chi connectivity index (χ0) is 13.1. The minimum absolute atomic E-state index is 0.589. The predicted octanol–water partition coefficient (Wildman–Crippen LogP) is 1.42. The van der Waals surface area contributed by atoms with E-state index in [0.29, 0.717) is 5.92 Å². The average Bonchev–Trinajstić information content (AvgIpc) is 2.87. The van der Waals surface area contributed by atoms with Crippen LogP contribution in [0.3, 0.4) is 0 Å². The Balaban J connectivity index is 1.48. The number of ether oxygens (including phenoxy) is 1. The van der Waals surface area contributed by atoms with Gasteiger partial charge in [0.05, 0.1) is 6.61 Å². The van der Waals surface area contributed by atoms with Gasteiger partial charge >= 0.3 is 0 Å². The lowest BCUT2D eigenvalue weighted by Gasteiger charge is -2.34. The van der Waals surface area contributed by atoms with E-state index < -0.39 is 0 Å². The van der Waals surface area contributed by atoms with Crippen LogP contribution >= 0.6 is 0 Å². The highest BCUT2D eigenvalue weighted by atomic mass is 16.5. The maximum atomic E-state index is 5.57. The van der Waals surface area contributed by atoms with Crippen LogP contribution < -0.4 is 0 Å². The third-order valence-corrected chi connectivity index (χ3v) is 4.47. The first-order valence-electron chi connectivity index (χ1n) is 7.47. The fourth-order valence-electron chi connectivity index (χ4n) is 3.35. The van der Waals surface area contributed by atoms with Crippen LogP contribution in [0.1, 0.15) is 37.4 Å². The maximum Gasteiger partial charge on any atom is 0.135 e. The maximum absolute atomic E-state index is 5.57. The van der Waals surface area contributed by atoms with Crippen molar-refractivity contribution in [1.82, 2.24) is 19.7 Å². The van der Waals surface area contributed by atoms with Crippen molar-refractivity contribution in [3.8, 4) is 0 Å². The highest BCUT2D eigenvalue weighted by molar-refractivity contribution is 4.98. The molecule has 106 valence electrons. The Morgan fingerprint density at radius 3 is 2.79 bits per heavy atom. The molecule has 2 fully saturated rings. The van der Waals surface area contributed by atoms with Crippen molar-refractivity contribution < 1.29 is 4.74 Å². The van der Waals surface area contributed by atoms with Gasteiger partial charge in [-0.1, -0.05) is 0 Å². The highest BCUT2D eigenvalue weighted by Crippen LogP contribution is 2.27. The van der Waals surface area contributed by atoms with E-state index in [-0.39, 0.29) is 0 Å². The quantitative estimate of drug-likeness (QED) is 0.828. The van der Waals surface area contributed by atoms with Crippen LogP contribution in [0.4, 0.5) is 0 Å². The molecule has 1 atom stereocenters. The summed E-state index contributed by atoms with van der Waals surface area (Å²) in [7, 11) is 2.04. The minimum atomic E-state index is 0.589. The molecule has 1 aromatic rings. The largest absolute Gasteiger partial charge is 0.381 e. The van der Waals surface area contributed by atoms with Gasteiger partial charge in [0, 0.05) is 26.1 Å². The van der Waals surface area contributed by atoms with Crippen LogP contribution in [-0.4, -0.2) is 52.5 Å². The fourth-order valence-corrected chi connectivity index (χ4v) is 3.35. The summed E-state index contributed by atoms with van der Waals surface area (Å²) in [6, 6.07) is 0. The number of nitrogens with zero attached hydrogens (tertiary/aromatic N) is 4. The van der Waals surface area contributed by atoms with Gasteiger partial charge in [-0.2, -0.15) is 0 Å². The van der Waals surface area contributed by atoms with Gasteiger partial charge in [0.1, 0.15) is 12.2 Å². The Morgan fingerprint density at radius 1 is 1.32 bits per heavy atom. The third-order valence-electron chi connectivity index (χ3n) is 4.47. The van der Waals surface area contributed by atoms with Crippen molar-refractivity contribution >= 4 is 0 Å². The molecule has 5 nitrogen and oxygen atoms in total. The van der Waals surface area contributed by atoms with Crippen molar-refractivity contribution in [2.75, 3.05) is 32.8 Å². The molecule has 1 unspecified atom stereocenters. The van der Waals surface area contributed by atoms with E-state index in [0.717, 1.165) is 25.0 Å². The van der Waals surface area contributed by atoms with Gasteiger partial charge in [-0.25, -0.2) is 0 Å². The fraction of sp³-hybridized carbons (Fsp3) is 0.857. The highest BCUT2D eigenvalue weighted by Gasteiger charge is 2.25. The van der Waals surface area contributed by atoms with E-state index in [9.17, 15) is 0 Å². The van der Waals surface area contributed by atoms with Gasteiger partial charge in [0.15, 0.2) is 0 Å².